The van der Waals surface area contributed by atoms with Crippen LogP contribution in [-0.4, -0.2) is 21.2 Å². The van der Waals surface area contributed by atoms with Crippen molar-refractivity contribution in [1.29, 1.82) is 0 Å². The van der Waals surface area contributed by atoms with Gasteiger partial charge in [-0.05, 0) is 29.3 Å². The van der Waals surface area contributed by atoms with Gasteiger partial charge in [-0.15, -0.1) is 0 Å². The van der Waals surface area contributed by atoms with Gasteiger partial charge >= 0.3 is 5.97 Å². The third kappa shape index (κ3) is 2.36. The standard InChI is InChI=1S/C13H10FNO3/c14-9-3-4-10(12(16)13(17)18)11(6-9)8-2-1-5-15-7-8/h1-7,12,16H,(H,17,18). The summed E-state index contributed by atoms with van der Waals surface area (Å²) in [5.74, 6) is -1.89. The third-order valence-corrected chi connectivity index (χ3v) is 2.52. The SMILES string of the molecule is O=C(O)C(O)c1ccc(F)cc1-c1cccnc1. The number of hydrogen-bond donors (Lipinski definition) is 2. The summed E-state index contributed by atoms with van der Waals surface area (Å²) in [5, 5.41) is 18.4. The van der Waals surface area contributed by atoms with Crippen molar-refractivity contribution in [2.75, 3.05) is 0 Å². The lowest BCUT2D eigenvalue weighted by atomic mass is 9.97. The quantitative estimate of drug-likeness (QED) is 0.870. The van der Waals surface area contributed by atoms with Crippen LogP contribution in [0.2, 0.25) is 0 Å². The van der Waals surface area contributed by atoms with E-state index in [0.717, 1.165) is 6.07 Å². The maximum atomic E-state index is 13.2. The Bertz CT molecular complexity index is 572. The van der Waals surface area contributed by atoms with Gasteiger partial charge in [-0.3, -0.25) is 4.98 Å². The van der Waals surface area contributed by atoms with Crippen LogP contribution >= 0.6 is 0 Å². The van der Waals surface area contributed by atoms with Crippen LogP contribution in [0.15, 0.2) is 42.7 Å². The van der Waals surface area contributed by atoms with Gasteiger partial charge in [0, 0.05) is 18.0 Å². The Hall–Kier alpha value is -2.27. The first kappa shape index (κ1) is 12.2. The normalized spacial score (nSPS) is 12.1. The van der Waals surface area contributed by atoms with Crippen LogP contribution in [0.4, 0.5) is 4.39 Å². The van der Waals surface area contributed by atoms with Crippen LogP contribution < -0.4 is 0 Å². The predicted molar refractivity (Wildman–Crippen MR) is 62.2 cm³/mol. The number of pyridine rings is 1. The molecule has 0 aliphatic carbocycles. The van der Waals surface area contributed by atoms with E-state index in [1.54, 1.807) is 18.3 Å². The molecule has 92 valence electrons. The van der Waals surface area contributed by atoms with E-state index in [1.165, 1.54) is 18.3 Å². The molecule has 0 saturated heterocycles. The van der Waals surface area contributed by atoms with Crippen molar-refractivity contribution in [3.8, 4) is 11.1 Å². The van der Waals surface area contributed by atoms with Crippen molar-refractivity contribution >= 4 is 5.97 Å². The molecule has 4 nitrogen and oxygen atoms in total. The molecule has 2 rings (SSSR count). The van der Waals surface area contributed by atoms with Crippen LogP contribution in [-0.2, 0) is 4.79 Å². The third-order valence-electron chi connectivity index (χ3n) is 2.52. The van der Waals surface area contributed by atoms with Crippen molar-refractivity contribution in [2.24, 2.45) is 0 Å². The van der Waals surface area contributed by atoms with E-state index >= 15 is 0 Å². The number of rotatable bonds is 3. The van der Waals surface area contributed by atoms with Gasteiger partial charge in [0.05, 0.1) is 0 Å². The fourth-order valence-corrected chi connectivity index (χ4v) is 1.67. The number of aliphatic hydroxyl groups excluding tert-OH is 1. The number of carbonyl (C=O) groups is 1. The zero-order valence-electron chi connectivity index (χ0n) is 9.25. The molecule has 1 atom stereocenters. The van der Waals surface area contributed by atoms with Gasteiger partial charge in [0.15, 0.2) is 6.10 Å². The largest absolute Gasteiger partial charge is 0.479 e. The molecule has 0 radical (unpaired) electrons. The first-order valence-corrected chi connectivity index (χ1v) is 5.20. The smallest absolute Gasteiger partial charge is 0.337 e. The van der Waals surface area contributed by atoms with Crippen molar-refractivity contribution in [3.63, 3.8) is 0 Å². The molecule has 0 amide bonds. The summed E-state index contributed by atoms with van der Waals surface area (Å²) >= 11 is 0. The lowest BCUT2D eigenvalue weighted by Crippen LogP contribution is -2.11. The van der Waals surface area contributed by atoms with E-state index < -0.39 is 17.9 Å². The van der Waals surface area contributed by atoms with Gasteiger partial charge < -0.3 is 10.2 Å². The van der Waals surface area contributed by atoms with Crippen molar-refractivity contribution in [3.05, 3.63) is 54.1 Å². The summed E-state index contributed by atoms with van der Waals surface area (Å²) in [6, 6.07) is 6.87. The predicted octanol–water partition coefficient (Wildman–Crippen LogP) is 2.01. The molecule has 5 heteroatoms. The number of hydrogen-bond acceptors (Lipinski definition) is 3. The fourth-order valence-electron chi connectivity index (χ4n) is 1.67. The minimum Gasteiger partial charge on any atom is -0.479 e. The minimum absolute atomic E-state index is 0.136. The first-order valence-electron chi connectivity index (χ1n) is 5.20. The molecule has 0 fully saturated rings. The molecular formula is C13H10FNO3. The zero-order chi connectivity index (χ0) is 13.1. The van der Waals surface area contributed by atoms with E-state index in [-0.39, 0.29) is 5.56 Å². The summed E-state index contributed by atoms with van der Waals surface area (Å²) in [5.41, 5.74) is 1.00. The van der Waals surface area contributed by atoms with Crippen LogP contribution in [0.1, 0.15) is 11.7 Å². The number of aliphatic carboxylic acids is 1. The average Bonchev–Trinajstić information content (AvgIpc) is 2.39. The number of halogens is 1. The van der Waals surface area contributed by atoms with Crippen molar-refractivity contribution < 1.29 is 19.4 Å². The molecular weight excluding hydrogens is 237 g/mol. The maximum absolute atomic E-state index is 13.2. The highest BCUT2D eigenvalue weighted by molar-refractivity contribution is 5.79. The van der Waals surface area contributed by atoms with E-state index in [4.69, 9.17) is 5.11 Å². The van der Waals surface area contributed by atoms with Crippen LogP contribution in [0.5, 0.6) is 0 Å². The van der Waals surface area contributed by atoms with E-state index in [1.807, 2.05) is 0 Å². The van der Waals surface area contributed by atoms with Gasteiger partial charge in [-0.2, -0.15) is 0 Å². The topological polar surface area (TPSA) is 70.4 Å². The molecule has 18 heavy (non-hydrogen) atoms. The minimum atomic E-state index is -1.69. The second kappa shape index (κ2) is 4.93. The zero-order valence-corrected chi connectivity index (χ0v) is 9.25. The molecule has 1 aromatic carbocycles. The second-order valence-electron chi connectivity index (χ2n) is 3.71. The van der Waals surface area contributed by atoms with Gasteiger partial charge in [0.25, 0.3) is 0 Å². The van der Waals surface area contributed by atoms with Crippen LogP contribution in [0.25, 0.3) is 11.1 Å². The monoisotopic (exact) mass is 247 g/mol. The molecule has 0 saturated carbocycles. The Balaban J connectivity index is 2.58. The molecule has 0 bridgehead atoms. The van der Waals surface area contributed by atoms with E-state index in [2.05, 4.69) is 4.98 Å². The highest BCUT2D eigenvalue weighted by atomic mass is 19.1. The summed E-state index contributed by atoms with van der Waals surface area (Å²) < 4.78 is 13.2. The van der Waals surface area contributed by atoms with Crippen molar-refractivity contribution in [1.82, 2.24) is 4.98 Å². The van der Waals surface area contributed by atoms with Gasteiger partial charge in [-0.25, -0.2) is 9.18 Å². The van der Waals surface area contributed by atoms with Gasteiger partial charge in [0.1, 0.15) is 5.82 Å². The molecule has 1 aromatic heterocycles. The van der Waals surface area contributed by atoms with Crippen LogP contribution in [0, 0.1) is 5.82 Å². The second-order valence-corrected chi connectivity index (χ2v) is 3.71. The van der Waals surface area contributed by atoms with Crippen molar-refractivity contribution in [2.45, 2.75) is 6.10 Å². The molecule has 2 aromatic rings. The van der Waals surface area contributed by atoms with E-state index in [9.17, 15) is 14.3 Å². The first-order chi connectivity index (χ1) is 8.59. The average molecular weight is 247 g/mol. The Morgan fingerprint density at radius 3 is 2.72 bits per heavy atom. The summed E-state index contributed by atoms with van der Waals surface area (Å²) in [6.45, 7) is 0. The van der Waals surface area contributed by atoms with E-state index in [0.29, 0.717) is 11.1 Å². The highest BCUT2D eigenvalue weighted by Crippen LogP contribution is 2.28. The molecule has 0 aliphatic rings. The fraction of sp³-hybridized carbons (Fsp3) is 0.0769. The number of benzene rings is 1. The maximum Gasteiger partial charge on any atom is 0.337 e. The van der Waals surface area contributed by atoms with Gasteiger partial charge in [0.2, 0.25) is 0 Å². The molecule has 1 heterocycles. The lowest BCUT2D eigenvalue weighted by molar-refractivity contribution is -0.146. The molecule has 0 aliphatic heterocycles. The Kier molecular flexibility index (Phi) is 3.34. The number of carboxylic acids is 1. The Morgan fingerprint density at radius 2 is 2.11 bits per heavy atom. The number of aliphatic hydroxyl groups is 1. The highest BCUT2D eigenvalue weighted by Gasteiger charge is 2.20. The number of nitrogens with zero attached hydrogens (tertiary/aromatic N) is 1. The summed E-state index contributed by atoms with van der Waals surface area (Å²) in [7, 11) is 0. The number of aromatic nitrogens is 1. The summed E-state index contributed by atoms with van der Waals surface area (Å²) in [4.78, 5) is 14.7. The number of carboxylic acid groups (broad SMARTS) is 1. The Morgan fingerprint density at radius 1 is 1.33 bits per heavy atom. The molecule has 2 N–H and O–H groups in total. The Labute approximate surface area is 102 Å². The van der Waals surface area contributed by atoms with Gasteiger partial charge in [-0.1, -0.05) is 12.1 Å². The summed E-state index contributed by atoms with van der Waals surface area (Å²) in [6.07, 6.45) is 1.34. The molecule has 1 unspecified atom stereocenters. The molecule has 0 spiro atoms. The van der Waals surface area contributed by atoms with Crippen LogP contribution in [0.3, 0.4) is 0 Å². The lowest BCUT2D eigenvalue weighted by Gasteiger charge is -2.12.